The SMILES string of the molecule is [C-]#[N+]c1cc([N+]#[C-])cc(-c2cc(-c3nc(-c4ccccc4)nc(-c4ccccc4)n3)cc(-c3cc(C#N)cc(C#N)c3)c2-n2c3ccccc3c3cc(-c4ccccc4C#N)ccc32)c1. The van der Waals surface area contributed by atoms with Crippen LogP contribution in [0.2, 0.25) is 0 Å². The molecule has 0 aliphatic rings. The minimum atomic E-state index is 0.283. The Hall–Kier alpha value is -9.98. The number of para-hydroxylation sites is 1. The van der Waals surface area contributed by atoms with Crippen LogP contribution in [0.1, 0.15) is 16.7 Å². The first-order valence-electron chi connectivity index (χ1n) is 20.4. The second-order valence-electron chi connectivity index (χ2n) is 15.2. The second kappa shape index (κ2) is 16.5. The van der Waals surface area contributed by atoms with Crippen molar-refractivity contribution in [2.75, 3.05) is 0 Å². The number of fused-ring (bicyclic) bond motifs is 3. The van der Waals surface area contributed by atoms with Crippen molar-refractivity contribution < 1.29 is 0 Å². The number of hydrogen-bond donors (Lipinski definition) is 0. The van der Waals surface area contributed by atoms with Crippen LogP contribution in [0.15, 0.2) is 176 Å². The summed E-state index contributed by atoms with van der Waals surface area (Å²) >= 11 is 0. The van der Waals surface area contributed by atoms with E-state index in [4.69, 9.17) is 28.1 Å². The van der Waals surface area contributed by atoms with E-state index >= 15 is 0 Å². The first-order chi connectivity index (χ1) is 32.0. The molecule has 9 heteroatoms. The smallest absolute Gasteiger partial charge is 0.177 e. The largest absolute Gasteiger partial charge is 0.308 e. The number of rotatable bonds is 7. The highest BCUT2D eigenvalue weighted by Gasteiger charge is 2.25. The van der Waals surface area contributed by atoms with Gasteiger partial charge in [0.15, 0.2) is 28.8 Å². The maximum Gasteiger partial charge on any atom is 0.177 e. The van der Waals surface area contributed by atoms with Crippen molar-refractivity contribution >= 4 is 33.2 Å². The van der Waals surface area contributed by atoms with Gasteiger partial charge in [0.05, 0.1) is 64.8 Å². The zero-order valence-electron chi connectivity index (χ0n) is 34.3. The van der Waals surface area contributed by atoms with Crippen LogP contribution in [0.3, 0.4) is 0 Å². The molecule has 10 rings (SSSR count). The summed E-state index contributed by atoms with van der Waals surface area (Å²) in [4.78, 5) is 22.7. The van der Waals surface area contributed by atoms with Crippen molar-refractivity contribution in [2.24, 2.45) is 0 Å². The van der Waals surface area contributed by atoms with E-state index in [1.807, 2.05) is 121 Å². The minimum absolute atomic E-state index is 0.283. The molecule has 0 atom stereocenters. The third kappa shape index (κ3) is 7.15. The Morgan fingerprint density at radius 1 is 0.400 bits per heavy atom. The molecule has 0 amide bonds. The number of nitrogens with zero attached hydrogens (tertiary/aromatic N) is 9. The summed E-state index contributed by atoms with van der Waals surface area (Å²) in [7, 11) is 0. The minimum Gasteiger partial charge on any atom is -0.308 e. The Kier molecular flexibility index (Phi) is 9.93. The van der Waals surface area contributed by atoms with Gasteiger partial charge in [-0.1, -0.05) is 121 Å². The Morgan fingerprint density at radius 3 is 1.51 bits per heavy atom. The standard InChI is InChI=1S/C56H29N9/c1-60-44-26-42(27-45(31-44)61-2)49-30-43(56-63-54(37-13-5-3-6-14-37)62-55(64-56)38-15-7-4-8-16-38)29-48(41-24-35(32-57)23-36(25-41)33-58)53(49)65-51-20-12-11-19-47(51)50-28-39(21-22-52(50)65)46-18-10-9-17-40(46)34-59/h3-31H. The van der Waals surface area contributed by atoms with Crippen LogP contribution < -0.4 is 0 Å². The Balaban J connectivity index is 1.37. The van der Waals surface area contributed by atoms with E-state index in [0.29, 0.717) is 67.7 Å². The lowest BCUT2D eigenvalue weighted by molar-refractivity contribution is 1.07. The molecule has 2 aromatic heterocycles. The Morgan fingerprint density at radius 2 is 0.923 bits per heavy atom. The van der Waals surface area contributed by atoms with Gasteiger partial charge in [0.25, 0.3) is 0 Å². The lowest BCUT2D eigenvalue weighted by Crippen LogP contribution is -2.04. The predicted octanol–water partition coefficient (Wildman–Crippen LogP) is 13.7. The van der Waals surface area contributed by atoms with E-state index < -0.39 is 0 Å². The van der Waals surface area contributed by atoms with Crippen molar-refractivity contribution in [1.29, 1.82) is 15.8 Å². The fourth-order valence-electron chi connectivity index (χ4n) is 8.39. The van der Waals surface area contributed by atoms with Crippen LogP contribution in [0.5, 0.6) is 0 Å². The van der Waals surface area contributed by atoms with Crippen LogP contribution in [0, 0.1) is 47.1 Å². The summed E-state index contributed by atoms with van der Waals surface area (Å²) in [6.07, 6.45) is 0. The van der Waals surface area contributed by atoms with Crippen molar-refractivity contribution in [3.63, 3.8) is 0 Å². The van der Waals surface area contributed by atoms with Gasteiger partial charge in [-0.25, -0.2) is 24.6 Å². The summed E-state index contributed by atoms with van der Waals surface area (Å²) in [6, 6.07) is 62.0. The van der Waals surface area contributed by atoms with E-state index in [2.05, 4.69) is 44.6 Å². The molecular formula is C56H29N9. The summed E-state index contributed by atoms with van der Waals surface area (Å²) in [5.74, 6) is 1.28. The first-order valence-corrected chi connectivity index (χ1v) is 20.4. The van der Waals surface area contributed by atoms with E-state index in [1.165, 1.54) is 0 Å². The van der Waals surface area contributed by atoms with E-state index in [0.717, 1.165) is 44.1 Å². The monoisotopic (exact) mass is 827 g/mol. The Labute approximate surface area is 373 Å². The van der Waals surface area contributed by atoms with Crippen molar-refractivity contribution in [3.05, 3.63) is 215 Å². The summed E-state index contributed by atoms with van der Waals surface area (Å²) in [5, 5.41) is 32.5. The zero-order valence-corrected chi connectivity index (χ0v) is 34.3. The van der Waals surface area contributed by atoms with Gasteiger partial charge in [-0.2, -0.15) is 15.8 Å². The fraction of sp³-hybridized carbons (Fsp3) is 0. The first kappa shape index (κ1) is 39.2. The van der Waals surface area contributed by atoms with Gasteiger partial charge in [-0.15, -0.1) is 0 Å². The molecular weight excluding hydrogens is 799 g/mol. The molecule has 0 bridgehead atoms. The average molecular weight is 828 g/mol. The van der Waals surface area contributed by atoms with Gasteiger partial charge in [-0.3, -0.25) is 0 Å². The lowest BCUT2D eigenvalue weighted by Gasteiger charge is -2.22. The molecule has 0 saturated heterocycles. The molecule has 0 saturated carbocycles. The van der Waals surface area contributed by atoms with Gasteiger partial charge < -0.3 is 4.57 Å². The summed E-state index contributed by atoms with van der Waals surface area (Å²) in [6.45, 7) is 16.1. The van der Waals surface area contributed by atoms with Crippen LogP contribution in [-0.2, 0) is 0 Å². The van der Waals surface area contributed by atoms with Crippen molar-refractivity contribution in [1.82, 2.24) is 19.5 Å². The molecule has 9 nitrogen and oxygen atoms in total. The average Bonchev–Trinajstić information content (AvgIpc) is 3.71. The molecule has 65 heavy (non-hydrogen) atoms. The lowest BCUT2D eigenvalue weighted by atomic mass is 9.90. The highest BCUT2D eigenvalue weighted by Crippen LogP contribution is 2.46. The molecule has 10 aromatic rings. The molecule has 0 radical (unpaired) electrons. The van der Waals surface area contributed by atoms with Crippen LogP contribution in [0.4, 0.5) is 11.4 Å². The van der Waals surface area contributed by atoms with Crippen LogP contribution >= 0.6 is 0 Å². The molecule has 298 valence electrons. The van der Waals surface area contributed by atoms with Gasteiger partial charge in [0, 0.05) is 38.6 Å². The summed E-state index contributed by atoms with van der Waals surface area (Å²) in [5.41, 5.74) is 10.4. The maximum absolute atomic E-state index is 10.3. The number of hydrogen-bond acceptors (Lipinski definition) is 6. The third-order valence-corrected chi connectivity index (χ3v) is 11.3. The van der Waals surface area contributed by atoms with Gasteiger partial charge >= 0.3 is 0 Å². The van der Waals surface area contributed by atoms with Crippen LogP contribution in [-0.4, -0.2) is 19.5 Å². The predicted molar refractivity (Wildman–Crippen MR) is 253 cm³/mol. The Bertz CT molecular complexity index is 3560. The molecule has 0 aliphatic heterocycles. The quantitative estimate of drug-likeness (QED) is 0.147. The molecule has 0 aliphatic carbocycles. The molecule has 0 N–H and O–H groups in total. The highest BCUT2D eigenvalue weighted by molar-refractivity contribution is 6.12. The molecule has 8 aromatic carbocycles. The second-order valence-corrected chi connectivity index (χ2v) is 15.2. The fourth-order valence-corrected chi connectivity index (χ4v) is 8.39. The van der Waals surface area contributed by atoms with Gasteiger partial charge in [-0.05, 0) is 76.9 Å². The normalized spacial score (nSPS) is 10.7. The molecule has 0 unspecified atom stereocenters. The third-order valence-electron chi connectivity index (χ3n) is 11.3. The van der Waals surface area contributed by atoms with Crippen molar-refractivity contribution in [3.8, 4) is 91.4 Å². The van der Waals surface area contributed by atoms with Crippen molar-refractivity contribution in [2.45, 2.75) is 0 Å². The van der Waals surface area contributed by atoms with E-state index in [1.54, 1.807) is 42.5 Å². The summed E-state index contributed by atoms with van der Waals surface area (Å²) < 4.78 is 2.16. The number of aromatic nitrogens is 4. The highest BCUT2D eigenvalue weighted by atomic mass is 15.0. The number of nitriles is 3. The number of benzene rings is 8. The van der Waals surface area contributed by atoms with Gasteiger partial charge in [0.2, 0.25) is 0 Å². The van der Waals surface area contributed by atoms with E-state index in [-0.39, 0.29) is 11.4 Å². The maximum atomic E-state index is 10.3. The zero-order chi connectivity index (χ0) is 44.4. The molecule has 0 spiro atoms. The van der Waals surface area contributed by atoms with E-state index in [9.17, 15) is 15.8 Å². The van der Waals surface area contributed by atoms with Gasteiger partial charge in [0.1, 0.15) is 0 Å². The molecule has 0 fully saturated rings. The topological polar surface area (TPSA) is 124 Å². The van der Waals surface area contributed by atoms with Crippen LogP contribution in [0.25, 0.3) is 105 Å². The molecule has 2 heterocycles.